The second-order valence-corrected chi connectivity index (χ2v) is 3.99. The Morgan fingerprint density at radius 1 is 1.22 bits per heavy atom. The van der Waals surface area contributed by atoms with Crippen molar-refractivity contribution in [3.63, 3.8) is 0 Å². The molecule has 0 spiro atoms. The Balaban J connectivity index is 2.17. The van der Waals surface area contributed by atoms with Crippen LogP contribution in [0.3, 0.4) is 0 Å². The fourth-order valence-electron chi connectivity index (χ4n) is 1.34. The Labute approximate surface area is 108 Å². The van der Waals surface area contributed by atoms with E-state index in [0.29, 0.717) is 12.4 Å². The second-order valence-electron chi connectivity index (χ2n) is 3.99. The molecule has 0 fully saturated rings. The Morgan fingerprint density at radius 2 is 1.94 bits per heavy atom. The first-order chi connectivity index (χ1) is 8.72. The SMILES string of the molecule is CC/C=C/CCOC(=O)COc1ccc(C)cc1. The molecule has 1 aromatic carbocycles. The fraction of sp³-hybridized carbons (Fsp3) is 0.400. The lowest BCUT2D eigenvalue weighted by Crippen LogP contribution is -2.15. The molecule has 0 saturated carbocycles. The fourth-order valence-corrected chi connectivity index (χ4v) is 1.34. The highest BCUT2D eigenvalue weighted by atomic mass is 16.6. The van der Waals surface area contributed by atoms with E-state index in [0.717, 1.165) is 18.4 Å². The van der Waals surface area contributed by atoms with Crippen molar-refractivity contribution < 1.29 is 14.3 Å². The molecule has 0 atom stereocenters. The molecule has 0 heterocycles. The first kappa shape index (κ1) is 14.3. The van der Waals surface area contributed by atoms with Crippen molar-refractivity contribution in [3.8, 4) is 5.75 Å². The van der Waals surface area contributed by atoms with Crippen LogP contribution in [0.5, 0.6) is 5.75 Å². The molecule has 0 bridgehead atoms. The van der Waals surface area contributed by atoms with Crippen LogP contribution in [0.1, 0.15) is 25.3 Å². The van der Waals surface area contributed by atoms with Gasteiger partial charge in [0.05, 0.1) is 6.61 Å². The molecule has 0 aliphatic carbocycles. The summed E-state index contributed by atoms with van der Waals surface area (Å²) in [5.74, 6) is 0.351. The zero-order valence-corrected chi connectivity index (χ0v) is 11.0. The second kappa shape index (κ2) is 8.34. The topological polar surface area (TPSA) is 35.5 Å². The number of hydrogen-bond donors (Lipinski definition) is 0. The molecular weight excluding hydrogens is 228 g/mol. The van der Waals surface area contributed by atoms with Crippen molar-refractivity contribution in [1.29, 1.82) is 0 Å². The van der Waals surface area contributed by atoms with Gasteiger partial charge in [-0.05, 0) is 31.9 Å². The normalized spacial score (nSPS) is 10.6. The van der Waals surface area contributed by atoms with Crippen molar-refractivity contribution in [2.24, 2.45) is 0 Å². The lowest BCUT2D eigenvalue weighted by Gasteiger charge is -2.06. The van der Waals surface area contributed by atoms with Crippen molar-refractivity contribution >= 4 is 5.97 Å². The van der Waals surface area contributed by atoms with Gasteiger partial charge in [-0.2, -0.15) is 0 Å². The summed E-state index contributed by atoms with van der Waals surface area (Å²) in [5, 5.41) is 0. The van der Waals surface area contributed by atoms with Crippen molar-refractivity contribution in [3.05, 3.63) is 42.0 Å². The number of hydrogen-bond acceptors (Lipinski definition) is 3. The third kappa shape index (κ3) is 6.09. The smallest absolute Gasteiger partial charge is 0.344 e. The maximum absolute atomic E-state index is 11.3. The molecule has 0 radical (unpaired) electrons. The highest BCUT2D eigenvalue weighted by molar-refractivity contribution is 5.71. The minimum Gasteiger partial charge on any atom is -0.482 e. The summed E-state index contributed by atoms with van der Waals surface area (Å²) >= 11 is 0. The number of rotatable bonds is 7. The maximum Gasteiger partial charge on any atom is 0.344 e. The quantitative estimate of drug-likeness (QED) is 0.422. The Morgan fingerprint density at radius 3 is 2.61 bits per heavy atom. The van der Waals surface area contributed by atoms with Crippen LogP contribution in [0.15, 0.2) is 36.4 Å². The van der Waals surface area contributed by atoms with Crippen LogP contribution < -0.4 is 4.74 Å². The Bertz CT molecular complexity index is 379. The van der Waals surface area contributed by atoms with Gasteiger partial charge in [0.1, 0.15) is 5.75 Å². The molecule has 0 N–H and O–H groups in total. The van der Waals surface area contributed by atoms with E-state index in [1.165, 1.54) is 0 Å². The highest BCUT2D eigenvalue weighted by Gasteiger charge is 2.03. The third-order valence-electron chi connectivity index (χ3n) is 2.33. The standard InChI is InChI=1S/C15H20O3/c1-3-4-5-6-11-17-15(16)12-18-14-9-7-13(2)8-10-14/h4-5,7-10H,3,6,11-12H2,1-2H3/b5-4+. The van der Waals surface area contributed by atoms with Crippen molar-refractivity contribution in [1.82, 2.24) is 0 Å². The molecule has 3 heteroatoms. The first-order valence-corrected chi connectivity index (χ1v) is 6.22. The summed E-state index contributed by atoms with van der Waals surface area (Å²) in [5.41, 5.74) is 1.16. The summed E-state index contributed by atoms with van der Waals surface area (Å²) < 4.78 is 10.3. The van der Waals surface area contributed by atoms with Crippen LogP contribution in [-0.4, -0.2) is 19.2 Å². The highest BCUT2D eigenvalue weighted by Crippen LogP contribution is 2.11. The van der Waals surface area contributed by atoms with Crippen LogP contribution in [0.25, 0.3) is 0 Å². The Kier molecular flexibility index (Phi) is 6.62. The van der Waals surface area contributed by atoms with Crippen LogP contribution in [0.2, 0.25) is 0 Å². The van der Waals surface area contributed by atoms with E-state index in [1.54, 1.807) is 0 Å². The number of carbonyl (C=O) groups is 1. The number of allylic oxidation sites excluding steroid dienone is 1. The molecule has 0 aliphatic rings. The predicted octanol–water partition coefficient (Wildman–Crippen LogP) is 3.27. The van der Waals surface area contributed by atoms with Gasteiger partial charge in [0.25, 0.3) is 0 Å². The van der Waals surface area contributed by atoms with E-state index >= 15 is 0 Å². The minimum absolute atomic E-state index is 0.0411. The number of benzene rings is 1. The van der Waals surface area contributed by atoms with Gasteiger partial charge in [0.2, 0.25) is 0 Å². The summed E-state index contributed by atoms with van der Waals surface area (Å²) in [6.45, 7) is 4.44. The van der Waals surface area contributed by atoms with E-state index in [1.807, 2.05) is 37.3 Å². The van der Waals surface area contributed by atoms with E-state index in [4.69, 9.17) is 9.47 Å². The lowest BCUT2D eigenvalue weighted by molar-refractivity contribution is -0.145. The minimum atomic E-state index is -0.333. The molecule has 0 saturated heterocycles. The van der Waals surface area contributed by atoms with Gasteiger partial charge in [-0.3, -0.25) is 0 Å². The van der Waals surface area contributed by atoms with E-state index in [-0.39, 0.29) is 12.6 Å². The zero-order chi connectivity index (χ0) is 13.2. The van der Waals surface area contributed by atoms with Crippen molar-refractivity contribution in [2.45, 2.75) is 26.7 Å². The van der Waals surface area contributed by atoms with Gasteiger partial charge >= 0.3 is 5.97 Å². The van der Waals surface area contributed by atoms with E-state index in [2.05, 4.69) is 13.0 Å². The number of esters is 1. The molecule has 98 valence electrons. The summed E-state index contributed by atoms with van der Waals surface area (Å²) in [6, 6.07) is 7.56. The monoisotopic (exact) mass is 248 g/mol. The molecule has 0 unspecified atom stereocenters. The zero-order valence-electron chi connectivity index (χ0n) is 11.0. The van der Waals surface area contributed by atoms with Gasteiger partial charge < -0.3 is 9.47 Å². The number of carbonyl (C=O) groups excluding carboxylic acids is 1. The molecule has 0 amide bonds. The lowest BCUT2D eigenvalue weighted by atomic mass is 10.2. The maximum atomic E-state index is 11.3. The third-order valence-corrected chi connectivity index (χ3v) is 2.33. The summed E-state index contributed by atoms with van der Waals surface area (Å²) in [4.78, 5) is 11.3. The van der Waals surface area contributed by atoms with Crippen LogP contribution in [-0.2, 0) is 9.53 Å². The Hall–Kier alpha value is -1.77. The van der Waals surface area contributed by atoms with Crippen molar-refractivity contribution in [2.75, 3.05) is 13.2 Å². The molecular formula is C15H20O3. The first-order valence-electron chi connectivity index (χ1n) is 6.22. The molecule has 1 aromatic rings. The van der Waals surface area contributed by atoms with E-state index < -0.39 is 0 Å². The van der Waals surface area contributed by atoms with Crippen LogP contribution in [0.4, 0.5) is 0 Å². The molecule has 0 aromatic heterocycles. The number of aryl methyl sites for hydroxylation is 1. The average Bonchev–Trinajstić information content (AvgIpc) is 2.38. The predicted molar refractivity (Wildman–Crippen MR) is 71.7 cm³/mol. The molecule has 3 nitrogen and oxygen atoms in total. The summed E-state index contributed by atoms with van der Waals surface area (Å²) in [6.07, 6.45) is 5.82. The molecule has 0 aliphatic heterocycles. The average molecular weight is 248 g/mol. The number of ether oxygens (including phenoxy) is 2. The van der Waals surface area contributed by atoms with Gasteiger partial charge in [0, 0.05) is 0 Å². The van der Waals surface area contributed by atoms with Gasteiger partial charge in [-0.25, -0.2) is 4.79 Å². The molecule has 18 heavy (non-hydrogen) atoms. The van der Waals surface area contributed by atoms with Gasteiger partial charge in [-0.15, -0.1) is 0 Å². The summed E-state index contributed by atoms with van der Waals surface area (Å²) in [7, 11) is 0. The molecule has 1 rings (SSSR count). The van der Waals surface area contributed by atoms with Gasteiger partial charge in [0.15, 0.2) is 6.61 Å². The van der Waals surface area contributed by atoms with Gasteiger partial charge in [-0.1, -0.05) is 36.8 Å². The van der Waals surface area contributed by atoms with E-state index in [9.17, 15) is 4.79 Å². The van der Waals surface area contributed by atoms with Crippen LogP contribution >= 0.6 is 0 Å². The van der Waals surface area contributed by atoms with Crippen LogP contribution in [0, 0.1) is 6.92 Å². The largest absolute Gasteiger partial charge is 0.482 e.